The number of nitrogen functional groups attached to an aromatic ring is 1. The molecule has 3 heterocycles. The van der Waals surface area contributed by atoms with Crippen LogP contribution in [-0.4, -0.2) is 64.3 Å². The first-order valence-corrected chi connectivity index (χ1v) is 13.3. The molecule has 5 rings (SSSR count). The van der Waals surface area contributed by atoms with Crippen molar-refractivity contribution in [3.63, 3.8) is 0 Å². The summed E-state index contributed by atoms with van der Waals surface area (Å²) < 4.78 is 12.6. The number of rotatable bonds is 11. The number of hydrogen-bond donors (Lipinski definition) is 4. The van der Waals surface area contributed by atoms with E-state index in [1.54, 1.807) is 7.11 Å². The third-order valence-electron chi connectivity index (χ3n) is 6.88. The average Bonchev–Trinajstić information content (AvgIpc) is 3.26. The third-order valence-corrected chi connectivity index (χ3v) is 6.88. The van der Waals surface area contributed by atoms with E-state index in [-0.39, 0.29) is 24.1 Å². The second-order valence-corrected chi connectivity index (χ2v) is 9.63. The molecule has 5 N–H and O–H groups in total. The number of nitrogens with zero attached hydrogens (tertiary/aromatic N) is 4. The van der Waals surface area contributed by atoms with Gasteiger partial charge < -0.3 is 30.8 Å². The molecule has 2 aromatic heterocycles. The molecule has 206 valence electrons. The lowest BCUT2D eigenvalue weighted by atomic mass is 10.1. The summed E-state index contributed by atoms with van der Waals surface area (Å²) in [5, 5.41) is 6.91. The number of aromatic amines is 1. The van der Waals surface area contributed by atoms with Crippen molar-refractivity contribution in [1.29, 1.82) is 0 Å². The highest BCUT2D eigenvalue weighted by Crippen LogP contribution is 2.24. The van der Waals surface area contributed by atoms with Crippen molar-refractivity contribution in [2.24, 2.45) is 0 Å². The molecule has 0 unspecified atom stereocenters. The van der Waals surface area contributed by atoms with Crippen LogP contribution in [0.4, 0.5) is 5.82 Å². The fraction of sp³-hybridized carbons (Fsp3) is 0.393. The largest absolute Gasteiger partial charge is 0.496 e. The van der Waals surface area contributed by atoms with Crippen LogP contribution >= 0.6 is 0 Å². The van der Waals surface area contributed by atoms with Crippen LogP contribution in [0, 0.1) is 0 Å². The topological polar surface area (TPSA) is 135 Å². The van der Waals surface area contributed by atoms with Gasteiger partial charge in [0, 0.05) is 51.4 Å². The Labute approximate surface area is 227 Å². The zero-order chi connectivity index (χ0) is 27.2. The molecular formula is C28H36N8O3. The standard InChI is InChI=1S/C28H36N8O3/c1-3-39-27-33-25(29)24-26(34-27)36(28(37)32-24)18-22-9-8-21(14-23(22)38-2)16-31-15-19-4-6-20(7-5-19)17-35-12-10-30-11-13-35/h4-9,14,30-31H,3,10-13,15-18H2,1-2H3,(H,32,37)(H2,29,33,34). The fourth-order valence-electron chi connectivity index (χ4n) is 4.81. The number of methoxy groups -OCH3 is 1. The number of H-pyrrole nitrogens is 1. The van der Waals surface area contributed by atoms with Crippen LogP contribution in [0.1, 0.15) is 29.2 Å². The van der Waals surface area contributed by atoms with E-state index in [0.29, 0.717) is 30.1 Å². The molecular weight excluding hydrogens is 496 g/mol. The van der Waals surface area contributed by atoms with Gasteiger partial charge in [0.15, 0.2) is 11.5 Å². The molecule has 39 heavy (non-hydrogen) atoms. The van der Waals surface area contributed by atoms with Crippen molar-refractivity contribution in [3.8, 4) is 11.8 Å². The lowest BCUT2D eigenvalue weighted by molar-refractivity contribution is 0.233. The molecule has 11 nitrogen and oxygen atoms in total. The predicted octanol–water partition coefficient (Wildman–Crippen LogP) is 1.85. The second kappa shape index (κ2) is 12.3. The molecule has 0 atom stereocenters. The molecule has 0 bridgehead atoms. The summed E-state index contributed by atoms with van der Waals surface area (Å²) in [5.74, 6) is 0.863. The minimum Gasteiger partial charge on any atom is -0.496 e. The first kappa shape index (κ1) is 26.7. The molecule has 1 aliphatic rings. The lowest BCUT2D eigenvalue weighted by Gasteiger charge is -2.27. The summed E-state index contributed by atoms with van der Waals surface area (Å²) in [6.45, 7) is 9.27. The third kappa shape index (κ3) is 6.39. The normalized spacial score (nSPS) is 14.1. The molecule has 0 amide bonds. The number of piperazine rings is 1. The van der Waals surface area contributed by atoms with Gasteiger partial charge >= 0.3 is 11.7 Å². The van der Waals surface area contributed by atoms with Gasteiger partial charge in [0.2, 0.25) is 0 Å². The Balaban J connectivity index is 1.22. The van der Waals surface area contributed by atoms with Crippen LogP contribution in [0.3, 0.4) is 0 Å². The first-order valence-electron chi connectivity index (χ1n) is 13.3. The molecule has 0 radical (unpaired) electrons. The minimum atomic E-state index is -0.327. The van der Waals surface area contributed by atoms with Crippen LogP contribution < -0.4 is 31.5 Å². The SMILES string of the molecule is CCOc1nc(N)c2[nH]c(=O)n(Cc3ccc(CNCc4ccc(CN5CCNCC5)cc4)cc3OC)c2n1. The number of hydrogen-bond acceptors (Lipinski definition) is 9. The quantitative estimate of drug-likeness (QED) is 0.228. The van der Waals surface area contributed by atoms with Crippen molar-refractivity contribution < 1.29 is 9.47 Å². The van der Waals surface area contributed by atoms with E-state index in [1.165, 1.54) is 15.7 Å². The number of nitrogens with two attached hydrogens (primary N) is 1. The zero-order valence-electron chi connectivity index (χ0n) is 22.5. The van der Waals surface area contributed by atoms with Crippen molar-refractivity contribution in [2.75, 3.05) is 45.6 Å². The molecule has 0 aliphatic carbocycles. The van der Waals surface area contributed by atoms with Crippen LogP contribution in [-0.2, 0) is 26.2 Å². The number of ether oxygens (including phenoxy) is 2. The highest BCUT2D eigenvalue weighted by molar-refractivity contribution is 5.82. The number of imidazole rings is 1. The van der Waals surface area contributed by atoms with Crippen molar-refractivity contribution in [3.05, 3.63) is 75.2 Å². The van der Waals surface area contributed by atoms with Gasteiger partial charge in [-0.05, 0) is 29.7 Å². The van der Waals surface area contributed by atoms with Gasteiger partial charge in [-0.2, -0.15) is 9.97 Å². The van der Waals surface area contributed by atoms with Gasteiger partial charge in [0.1, 0.15) is 11.3 Å². The van der Waals surface area contributed by atoms with E-state index in [4.69, 9.17) is 15.2 Å². The maximum absolute atomic E-state index is 12.7. The van der Waals surface area contributed by atoms with E-state index in [9.17, 15) is 4.79 Å². The molecule has 0 spiro atoms. The summed E-state index contributed by atoms with van der Waals surface area (Å²) in [5.41, 5.74) is 11.0. The Bertz CT molecular complexity index is 1460. The van der Waals surface area contributed by atoms with Crippen LogP contribution in [0.25, 0.3) is 11.2 Å². The van der Waals surface area contributed by atoms with Gasteiger partial charge in [0.05, 0.1) is 20.3 Å². The summed E-state index contributed by atoms with van der Waals surface area (Å²) >= 11 is 0. The van der Waals surface area contributed by atoms with Gasteiger partial charge in [0.25, 0.3) is 0 Å². The highest BCUT2D eigenvalue weighted by atomic mass is 16.5. The Morgan fingerprint density at radius 2 is 1.72 bits per heavy atom. The number of nitrogens with one attached hydrogen (secondary N) is 3. The minimum absolute atomic E-state index is 0.137. The maximum Gasteiger partial charge on any atom is 0.328 e. The van der Waals surface area contributed by atoms with Gasteiger partial charge in [-0.3, -0.25) is 9.47 Å². The number of fused-ring (bicyclic) bond motifs is 1. The van der Waals surface area contributed by atoms with Gasteiger partial charge in [-0.25, -0.2) is 4.79 Å². The van der Waals surface area contributed by atoms with Crippen LogP contribution in [0.2, 0.25) is 0 Å². The number of benzene rings is 2. The van der Waals surface area contributed by atoms with Crippen molar-refractivity contribution >= 4 is 17.0 Å². The molecule has 0 saturated carbocycles. The molecule has 1 saturated heterocycles. The van der Waals surface area contributed by atoms with Gasteiger partial charge in [-0.1, -0.05) is 36.4 Å². The smallest absolute Gasteiger partial charge is 0.328 e. The Hall–Kier alpha value is -3.93. The lowest BCUT2D eigenvalue weighted by Crippen LogP contribution is -2.42. The molecule has 2 aromatic carbocycles. The Morgan fingerprint density at radius 1 is 1.00 bits per heavy atom. The van der Waals surface area contributed by atoms with Gasteiger partial charge in [-0.15, -0.1) is 0 Å². The van der Waals surface area contributed by atoms with E-state index >= 15 is 0 Å². The first-order chi connectivity index (χ1) is 19.0. The van der Waals surface area contributed by atoms with Crippen molar-refractivity contribution in [1.82, 2.24) is 35.1 Å². The summed E-state index contributed by atoms with van der Waals surface area (Å²) in [7, 11) is 1.63. The predicted molar refractivity (Wildman–Crippen MR) is 151 cm³/mol. The van der Waals surface area contributed by atoms with E-state index < -0.39 is 0 Å². The number of anilines is 1. The summed E-state index contributed by atoms with van der Waals surface area (Å²) in [6.07, 6.45) is 0. The molecule has 1 aliphatic heterocycles. The van der Waals surface area contributed by atoms with E-state index in [1.807, 2.05) is 25.1 Å². The fourth-order valence-corrected chi connectivity index (χ4v) is 4.81. The highest BCUT2D eigenvalue weighted by Gasteiger charge is 2.16. The van der Waals surface area contributed by atoms with Crippen molar-refractivity contribution in [2.45, 2.75) is 33.1 Å². The molecule has 4 aromatic rings. The zero-order valence-corrected chi connectivity index (χ0v) is 22.5. The summed E-state index contributed by atoms with van der Waals surface area (Å²) in [6, 6.07) is 15.0. The van der Waals surface area contributed by atoms with E-state index in [0.717, 1.165) is 50.4 Å². The van der Waals surface area contributed by atoms with Crippen LogP contribution in [0.5, 0.6) is 11.8 Å². The molecule has 1 fully saturated rings. The maximum atomic E-state index is 12.7. The van der Waals surface area contributed by atoms with E-state index in [2.05, 4.69) is 54.8 Å². The Morgan fingerprint density at radius 3 is 2.46 bits per heavy atom. The molecule has 11 heteroatoms. The summed E-state index contributed by atoms with van der Waals surface area (Å²) in [4.78, 5) is 26.4. The number of aromatic nitrogens is 4. The van der Waals surface area contributed by atoms with Crippen LogP contribution in [0.15, 0.2) is 47.3 Å². The second-order valence-electron chi connectivity index (χ2n) is 9.63. The Kier molecular flexibility index (Phi) is 8.40. The average molecular weight is 533 g/mol. The monoisotopic (exact) mass is 532 g/mol.